The van der Waals surface area contributed by atoms with Gasteiger partial charge in [0.25, 0.3) is 5.91 Å². The van der Waals surface area contributed by atoms with Gasteiger partial charge in [-0.15, -0.1) is 0 Å². The lowest BCUT2D eigenvalue weighted by molar-refractivity contribution is -0.149. The molecule has 1 amide bonds. The number of aryl methyl sites for hydroxylation is 1. The van der Waals surface area contributed by atoms with E-state index in [0.29, 0.717) is 22.2 Å². The van der Waals surface area contributed by atoms with Crippen LogP contribution in [0.25, 0.3) is 0 Å². The molecule has 0 aliphatic rings. The first-order valence-electron chi connectivity index (χ1n) is 8.82. The van der Waals surface area contributed by atoms with Crippen LogP contribution in [-0.2, 0) is 14.3 Å². The molecule has 2 aromatic rings. The number of anilines is 1. The van der Waals surface area contributed by atoms with Crippen molar-refractivity contribution in [2.75, 3.05) is 25.6 Å². The van der Waals surface area contributed by atoms with Gasteiger partial charge in [0.05, 0.1) is 12.1 Å². The monoisotopic (exact) mass is 405 g/mol. The molecule has 1 N–H and O–H groups in total. The van der Waals surface area contributed by atoms with Crippen molar-refractivity contribution in [3.8, 4) is 11.5 Å². The van der Waals surface area contributed by atoms with Gasteiger partial charge in [0.2, 0.25) is 0 Å². The number of methoxy groups -OCH3 is 1. The average molecular weight is 406 g/mol. The molecule has 2 rings (SSSR count). The molecule has 0 atom stereocenters. The van der Waals surface area contributed by atoms with E-state index in [-0.39, 0.29) is 12.5 Å². The molecule has 0 aromatic heterocycles. The summed E-state index contributed by atoms with van der Waals surface area (Å²) in [7, 11) is 1.50. The normalized spacial score (nSPS) is 10.5. The summed E-state index contributed by atoms with van der Waals surface area (Å²) in [4.78, 5) is 23.9. The molecule has 0 saturated heterocycles. The highest BCUT2D eigenvalue weighted by molar-refractivity contribution is 6.32. The van der Waals surface area contributed by atoms with Crippen LogP contribution in [0, 0.1) is 6.92 Å². The van der Waals surface area contributed by atoms with Gasteiger partial charge >= 0.3 is 5.97 Å². The molecule has 0 spiro atoms. The van der Waals surface area contributed by atoms with Gasteiger partial charge < -0.3 is 19.5 Å². The van der Waals surface area contributed by atoms with E-state index in [9.17, 15) is 9.59 Å². The first-order chi connectivity index (χ1) is 13.3. The fraction of sp³-hybridized carbons (Fsp3) is 0.333. The van der Waals surface area contributed by atoms with Gasteiger partial charge in [0.1, 0.15) is 11.5 Å². The van der Waals surface area contributed by atoms with Crippen LogP contribution in [0.5, 0.6) is 11.5 Å². The van der Waals surface area contributed by atoms with Crippen LogP contribution in [-0.4, -0.2) is 32.2 Å². The van der Waals surface area contributed by atoms with Gasteiger partial charge in [-0.05, 0) is 48.2 Å². The number of benzene rings is 2. The molecule has 0 saturated carbocycles. The van der Waals surface area contributed by atoms with Gasteiger partial charge in [-0.3, -0.25) is 4.79 Å². The maximum absolute atomic E-state index is 11.9. The Morgan fingerprint density at radius 1 is 1.07 bits per heavy atom. The third-order valence-electron chi connectivity index (χ3n) is 3.94. The minimum absolute atomic E-state index is 0.258. The number of hydrogen-bond donors (Lipinski definition) is 1. The van der Waals surface area contributed by atoms with Gasteiger partial charge in [-0.2, -0.15) is 0 Å². The minimum Gasteiger partial charge on any atom is -0.495 e. The summed E-state index contributed by atoms with van der Waals surface area (Å²) >= 11 is 6.01. The summed E-state index contributed by atoms with van der Waals surface area (Å²) < 4.78 is 15.6. The first kappa shape index (κ1) is 21.6. The molecule has 0 heterocycles. The molecule has 7 heteroatoms. The Kier molecular flexibility index (Phi) is 7.70. The van der Waals surface area contributed by atoms with E-state index in [1.165, 1.54) is 7.11 Å². The maximum Gasteiger partial charge on any atom is 0.344 e. The lowest BCUT2D eigenvalue weighted by atomic mass is 10.0. The Bertz CT molecular complexity index is 851. The van der Waals surface area contributed by atoms with Crippen LogP contribution < -0.4 is 14.8 Å². The van der Waals surface area contributed by atoms with Crippen molar-refractivity contribution in [3.63, 3.8) is 0 Å². The third-order valence-corrected chi connectivity index (χ3v) is 4.23. The molecule has 0 bridgehead atoms. The maximum atomic E-state index is 11.9. The van der Waals surface area contributed by atoms with E-state index in [1.54, 1.807) is 18.2 Å². The Morgan fingerprint density at radius 2 is 1.82 bits per heavy atom. The smallest absolute Gasteiger partial charge is 0.344 e. The summed E-state index contributed by atoms with van der Waals surface area (Å²) in [5.74, 6) is 0.297. The summed E-state index contributed by atoms with van der Waals surface area (Å²) in [6.45, 7) is 5.35. The van der Waals surface area contributed by atoms with E-state index >= 15 is 0 Å². The highest BCUT2D eigenvalue weighted by atomic mass is 35.5. The number of esters is 1. The highest BCUT2D eigenvalue weighted by Crippen LogP contribution is 2.28. The molecule has 6 nitrogen and oxygen atoms in total. The molecule has 150 valence electrons. The number of carbonyl (C=O) groups is 2. The third kappa shape index (κ3) is 6.16. The molecular formula is C21H24ClNO5. The number of rotatable bonds is 8. The molecule has 0 fully saturated rings. The van der Waals surface area contributed by atoms with Crippen molar-refractivity contribution in [2.24, 2.45) is 0 Å². The second kappa shape index (κ2) is 9.99. The summed E-state index contributed by atoms with van der Waals surface area (Å²) in [6.07, 6.45) is 0. The quantitative estimate of drug-likeness (QED) is 0.661. The van der Waals surface area contributed by atoms with Crippen LogP contribution in [0.15, 0.2) is 36.4 Å². The standard InChI is InChI=1S/C21H24ClNO5/c1-13(2)16-7-5-14(3)9-19(16)27-12-21(25)28-11-20(24)23-15-6-8-18(26-4)17(22)10-15/h5-10,13H,11-12H2,1-4H3,(H,23,24). The second-order valence-corrected chi connectivity index (χ2v) is 6.95. The SMILES string of the molecule is COc1ccc(NC(=O)COC(=O)COc2cc(C)ccc2C(C)C)cc1Cl. The molecule has 0 aliphatic heterocycles. The van der Waals surface area contributed by atoms with Crippen molar-refractivity contribution >= 4 is 29.2 Å². The molecule has 0 radical (unpaired) electrons. The van der Waals surface area contributed by atoms with Crippen LogP contribution in [0.2, 0.25) is 5.02 Å². The van der Waals surface area contributed by atoms with Gasteiger partial charge in [-0.1, -0.05) is 37.6 Å². The van der Waals surface area contributed by atoms with Gasteiger partial charge in [0.15, 0.2) is 13.2 Å². The fourth-order valence-electron chi connectivity index (χ4n) is 2.51. The number of hydrogen-bond acceptors (Lipinski definition) is 5. The van der Waals surface area contributed by atoms with Gasteiger partial charge in [0, 0.05) is 5.69 Å². The molecule has 0 unspecified atom stereocenters. The zero-order chi connectivity index (χ0) is 20.7. The zero-order valence-electron chi connectivity index (χ0n) is 16.4. The van der Waals surface area contributed by atoms with Gasteiger partial charge in [-0.25, -0.2) is 4.79 Å². The van der Waals surface area contributed by atoms with Crippen LogP contribution in [0.4, 0.5) is 5.69 Å². The molecule has 28 heavy (non-hydrogen) atoms. The van der Waals surface area contributed by atoms with Crippen molar-refractivity contribution in [2.45, 2.75) is 26.7 Å². The zero-order valence-corrected chi connectivity index (χ0v) is 17.1. The number of halogens is 1. The average Bonchev–Trinajstić information content (AvgIpc) is 2.64. The molecule has 0 aliphatic carbocycles. The Hall–Kier alpha value is -2.73. The fourth-order valence-corrected chi connectivity index (χ4v) is 2.77. The van der Waals surface area contributed by atoms with Crippen molar-refractivity contribution in [1.82, 2.24) is 0 Å². The van der Waals surface area contributed by atoms with Crippen LogP contribution in [0.3, 0.4) is 0 Å². The predicted octanol–water partition coefficient (Wildman–Crippen LogP) is 4.34. The number of ether oxygens (including phenoxy) is 3. The summed E-state index contributed by atoms with van der Waals surface area (Å²) in [5.41, 5.74) is 2.52. The minimum atomic E-state index is -0.626. The molecular weight excluding hydrogens is 382 g/mol. The lowest BCUT2D eigenvalue weighted by Gasteiger charge is -2.14. The lowest BCUT2D eigenvalue weighted by Crippen LogP contribution is -2.23. The van der Waals surface area contributed by atoms with E-state index < -0.39 is 18.5 Å². The topological polar surface area (TPSA) is 73.9 Å². The van der Waals surface area contributed by atoms with Crippen molar-refractivity contribution in [3.05, 3.63) is 52.5 Å². The molecule has 2 aromatic carbocycles. The predicted molar refractivity (Wildman–Crippen MR) is 108 cm³/mol. The summed E-state index contributed by atoms with van der Waals surface area (Å²) in [5, 5.41) is 2.96. The largest absolute Gasteiger partial charge is 0.495 e. The van der Waals surface area contributed by atoms with E-state index in [0.717, 1.165) is 11.1 Å². The van der Waals surface area contributed by atoms with Crippen molar-refractivity contribution in [1.29, 1.82) is 0 Å². The van der Waals surface area contributed by atoms with E-state index in [4.69, 9.17) is 25.8 Å². The number of carbonyl (C=O) groups excluding carboxylic acids is 2. The van der Waals surface area contributed by atoms with E-state index in [2.05, 4.69) is 5.32 Å². The van der Waals surface area contributed by atoms with Crippen molar-refractivity contribution < 1.29 is 23.8 Å². The number of nitrogens with one attached hydrogen (secondary N) is 1. The van der Waals surface area contributed by atoms with E-state index in [1.807, 2.05) is 39.0 Å². The Balaban J connectivity index is 1.83. The Morgan fingerprint density at radius 3 is 2.46 bits per heavy atom. The highest BCUT2D eigenvalue weighted by Gasteiger charge is 2.13. The Labute approximate surface area is 169 Å². The van der Waals surface area contributed by atoms with Crippen LogP contribution >= 0.6 is 11.6 Å². The summed E-state index contributed by atoms with van der Waals surface area (Å²) in [6, 6.07) is 10.7. The van der Waals surface area contributed by atoms with Crippen LogP contribution in [0.1, 0.15) is 30.9 Å². The first-order valence-corrected chi connectivity index (χ1v) is 9.20. The number of amides is 1. The second-order valence-electron chi connectivity index (χ2n) is 6.54.